The van der Waals surface area contributed by atoms with E-state index in [0.29, 0.717) is 5.92 Å². The molecule has 2 N–H and O–H groups in total. The van der Waals surface area contributed by atoms with E-state index in [9.17, 15) is 0 Å². The summed E-state index contributed by atoms with van der Waals surface area (Å²) in [5.41, 5.74) is 1.22. The van der Waals surface area contributed by atoms with Crippen LogP contribution in [-0.4, -0.2) is 24.8 Å². The summed E-state index contributed by atoms with van der Waals surface area (Å²) in [6, 6.07) is 10.2. The molecule has 0 fully saturated rings. The van der Waals surface area contributed by atoms with Crippen LogP contribution in [0.3, 0.4) is 0 Å². The van der Waals surface area contributed by atoms with Gasteiger partial charge in [-0.15, -0.1) is 0 Å². The Bertz CT molecular complexity index is 282. The van der Waals surface area contributed by atoms with E-state index in [1.54, 1.807) is 0 Å². The SMILES string of the molecule is CC(CO)CNCC=Cc1ccccc1. The van der Waals surface area contributed by atoms with Crippen LogP contribution in [0.25, 0.3) is 6.08 Å². The molecule has 0 saturated carbocycles. The molecule has 1 aromatic rings. The van der Waals surface area contributed by atoms with E-state index < -0.39 is 0 Å². The minimum atomic E-state index is 0.245. The van der Waals surface area contributed by atoms with Crippen LogP contribution in [0.5, 0.6) is 0 Å². The summed E-state index contributed by atoms with van der Waals surface area (Å²) in [4.78, 5) is 0. The first-order valence-corrected chi connectivity index (χ1v) is 5.36. The third-order valence-electron chi connectivity index (χ3n) is 2.18. The predicted octanol–water partition coefficient (Wildman–Crippen LogP) is 1.92. The molecule has 0 bridgehead atoms. The molecule has 0 heterocycles. The number of aliphatic hydroxyl groups is 1. The van der Waals surface area contributed by atoms with E-state index in [2.05, 4.69) is 29.6 Å². The van der Waals surface area contributed by atoms with Gasteiger partial charge in [-0.1, -0.05) is 49.4 Å². The van der Waals surface area contributed by atoms with Gasteiger partial charge in [0.1, 0.15) is 0 Å². The molecule has 0 saturated heterocycles. The Kier molecular flexibility index (Phi) is 5.74. The molecule has 0 aliphatic rings. The van der Waals surface area contributed by atoms with Crippen molar-refractivity contribution < 1.29 is 5.11 Å². The second-order valence-electron chi connectivity index (χ2n) is 3.76. The van der Waals surface area contributed by atoms with Crippen LogP contribution < -0.4 is 5.32 Å². The number of benzene rings is 1. The number of aliphatic hydroxyl groups excluding tert-OH is 1. The molecule has 0 spiro atoms. The van der Waals surface area contributed by atoms with Gasteiger partial charge in [0.2, 0.25) is 0 Å². The van der Waals surface area contributed by atoms with Crippen LogP contribution in [0.1, 0.15) is 12.5 Å². The van der Waals surface area contributed by atoms with Gasteiger partial charge in [0, 0.05) is 19.7 Å². The fraction of sp³-hybridized carbons (Fsp3) is 0.385. The second kappa shape index (κ2) is 7.21. The number of hydrogen-bond donors (Lipinski definition) is 2. The Balaban J connectivity index is 2.18. The smallest absolute Gasteiger partial charge is 0.0468 e. The third kappa shape index (κ3) is 5.35. The highest BCUT2D eigenvalue weighted by molar-refractivity contribution is 5.48. The Morgan fingerprint density at radius 1 is 1.33 bits per heavy atom. The summed E-state index contributed by atoms with van der Waals surface area (Å²) in [5.74, 6) is 0.329. The fourth-order valence-electron chi connectivity index (χ4n) is 1.24. The molecule has 0 amide bonds. The summed E-state index contributed by atoms with van der Waals surface area (Å²) in [5, 5.41) is 12.1. The summed E-state index contributed by atoms with van der Waals surface area (Å²) in [7, 11) is 0. The summed E-state index contributed by atoms with van der Waals surface area (Å²) >= 11 is 0. The first-order chi connectivity index (χ1) is 7.33. The standard InChI is InChI=1S/C13H19NO/c1-12(11-15)10-14-9-5-8-13-6-3-2-4-7-13/h2-8,12,14-15H,9-11H2,1H3. The van der Waals surface area contributed by atoms with Gasteiger partial charge < -0.3 is 10.4 Å². The van der Waals surface area contributed by atoms with Gasteiger partial charge >= 0.3 is 0 Å². The van der Waals surface area contributed by atoms with Crippen LogP contribution in [0, 0.1) is 5.92 Å². The van der Waals surface area contributed by atoms with Crippen LogP contribution in [-0.2, 0) is 0 Å². The van der Waals surface area contributed by atoms with Crippen molar-refractivity contribution in [2.45, 2.75) is 6.92 Å². The topological polar surface area (TPSA) is 32.3 Å². The highest BCUT2D eigenvalue weighted by Gasteiger charge is 1.96. The van der Waals surface area contributed by atoms with Crippen molar-refractivity contribution in [2.75, 3.05) is 19.7 Å². The molecular weight excluding hydrogens is 186 g/mol. The predicted molar refractivity (Wildman–Crippen MR) is 64.6 cm³/mol. The van der Waals surface area contributed by atoms with Gasteiger partial charge in [0.05, 0.1) is 0 Å². The Morgan fingerprint density at radius 3 is 2.73 bits per heavy atom. The van der Waals surface area contributed by atoms with E-state index in [-0.39, 0.29) is 6.61 Å². The number of nitrogens with one attached hydrogen (secondary N) is 1. The zero-order chi connectivity index (χ0) is 10.9. The molecule has 15 heavy (non-hydrogen) atoms. The van der Waals surface area contributed by atoms with Gasteiger partial charge in [-0.2, -0.15) is 0 Å². The van der Waals surface area contributed by atoms with Crippen LogP contribution >= 0.6 is 0 Å². The van der Waals surface area contributed by atoms with Crippen molar-refractivity contribution >= 4 is 6.08 Å². The third-order valence-corrected chi connectivity index (χ3v) is 2.18. The average molecular weight is 205 g/mol. The van der Waals surface area contributed by atoms with E-state index in [1.807, 2.05) is 25.1 Å². The van der Waals surface area contributed by atoms with Crippen molar-refractivity contribution in [3.63, 3.8) is 0 Å². The lowest BCUT2D eigenvalue weighted by molar-refractivity contribution is 0.235. The van der Waals surface area contributed by atoms with Gasteiger partial charge in [-0.25, -0.2) is 0 Å². The maximum Gasteiger partial charge on any atom is 0.0468 e. The normalized spacial score (nSPS) is 13.2. The molecule has 2 nitrogen and oxygen atoms in total. The number of rotatable bonds is 6. The van der Waals surface area contributed by atoms with Crippen molar-refractivity contribution in [1.29, 1.82) is 0 Å². The molecule has 0 aliphatic carbocycles. The first kappa shape index (κ1) is 12.0. The van der Waals surface area contributed by atoms with Gasteiger partial charge in [-0.3, -0.25) is 0 Å². The molecule has 2 heteroatoms. The largest absolute Gasteiger partial charge is 0.396 e. The molecule has 0 aliphatic heterocycles. The molecule has 1 rings (SSSR count). The summed E-state index contributed by atoms with van der Waals surface area (Å²) < 4.78 is 0. The van der Waals surface area contributed by atoms with Crippen molar-refractivity contribution in [3.05, 3.63) is 42.0 Å². The van der Waals surface area contributed by atoms with Crippen molar-refractivity contribution in [3.8, 4) is 0 Å². The monoisotopic (exact) mass is 205 g/mol. The van der Waals surface area contributed by atoms with Gasteiger partial charge in [0.15, 0.2) is 0 Å². The minimum absolute atomic E-state index is 0.245. The lowest BCUT2D eigenvalue weighted by atomic mass is 10.2. The van der Waals surface area contributed by atoms with Crippen LogP contribution in [0.2, 0.25) is 0 Å². The molecule has 0 aromatic heterocycles. The molecule has 1 aromatic carbocycles. The Morgan fingerprint density at radius 2 is 2.07 bits per heavy atom. The summed E-state index contributed by atoms with van der Waals surface area (Å²) in [6.45, 7) is 3.97. The van der Waals surface area contributed by atoms with Crippen molar-refractivity contribution in [2.24, 2.45) is 5.92 Å². The van der Waals surface area contributed by atoms with Gasteiger partial charge in [0.25, 0.3) is 0 Å². The lowest BCUT2D eigenvalue weighted by Gasteiger charge is -2.06. The lowest BCUT2D eigenvalue weighted by Crippen LogP contribution is -2.23. The van der Waals surface area contributed by atoms with E-state index in [0.717, 1.165) is 13.1 Å². The zero-order valence-electron chi connectivity index (χ0n) is 9.19. The van der Waals surface area contributed by atoms with E-state index in [1.165, 1.54) is 5.56 Å². The maximum atomic E-state index is 8.81. The fourth-order valence-corrected chi connectivity index (χ4v) is 1.24. The quantitative estimate of drug-likeness (QED) is 0.695. The first-order valence-electron chi connectivity index (χ1n) is 5.36. The molecule has 1 unspecified atom stereocenters. The zero-order valence-corrected chi connectivity index (χ0v) is 9.19. The Labute approximate surface area is 91.6 Å². The van der Waals surface area contributed by atoms with Crippen LogP contribution in [0.4, 0.5) is 0 Å². The molecular formula is C13H19NO. The molecule has 0 radical (unpaired) electrons. The molecule has 1 atom stereocenters. The van der Waals surface area contributed by atoms with Crippen molar-refractivity contribution in [1.82, 2.24) is 5.32 Å². The van der Waals surface area contributed by atoms with E-state index >= 15 is 0 Å². The van der Waals surface area contributed by atoms with Crippen LogP contribution in [0.15, 0.2) is 36.4 Å². The average Bonchev–Trinajstić information content (AvgIpc) is 2.29. The Hall–Kier alpha value is -1.12. The highest BCUT2D eigenvalue weighted by Crippen LogP contribution is 1.99. The summed E-state index contributed by atoms with van der Waals surface area (Å²) in [6.07, 6.45) is 4.19. The highest BCUT2D eigenvalue weighted by atomic mass is 16.3. The minimum Gasteiger partial charge on any atom is -0.396 e. The molecule has 82 valence electrons. The van der Waals surface area contributed by atoms with E-state index in [4.69, 9.17) is 5.11 Å². The number of hydrogen-bond acceptors (Lipinski definition) is 2. The second-order valence-corrected chi connectivity index (χ2v) is 3.76. The maximum absolute atomic E-state index is 8.81. The van der Waals surface area contributed by atoms with Gasteiger partial charge in [-0.05, 0) is 11.5 Å².